The molecule has 0 bridgehead atoms. The molecule has 1 aromatic rings. The lowest BCUT2D eigenvalue weighted by Gasteiger charge is -2.26. The highest BCUT2D eigenvalue weighted by molar-refractivity contribution is 7.88. The van der Waals surface area contributed by atoms with Gasteiger partial charge in [0.05, 0.1) is 18.4 Å². The number of halogens is 3. The zero-order chi connectivity index (χ0) is 20.9. The van der Waals surface area contributed by atoms with Gasteiger partial charge in [0.25, 0.3) is 0 Å². The first-order valence-corrected chi connectivity index (χ1v) is 10.6. The summed E-state index contributed by atoms with van der Waals surface area (Å²) in [5.74, 6) is -2.06. The molecule has 1 saturated carbocycles. The molecule has 158 valence electrons. The Labute approximate surface area is 161 Å². The number of carboxylic acids is 1. The normalized spacial score (nSPS) is 23.1. The van der Waals surface area contributed by atoms with Crippen LogP contribution in [0.4, 0.5) is 13.2 Å². The number of hydrogen-bond donors (Lipinski definition) is 1. The molecule has 0 radical (unpaired) electrons. The van der Waals surface area contributed by atoms with Crippen LogP contribution in [0.3, 0.4) is 0 Å². The molecule has 2 atom stereocenters. The fourth-order valence-electron chi connectivity index (χ4n) is 2.94. The summed E-state index contributed by atoms with van der Waals surface area (Å²) >= 11 is 0. The predicted molar refractivity (Wildman–Crippen MR) is 94.1 cm³/mol. The van der Waals surface area contributed by atoms with Crippen molar-refractivity contribution in [1.82, 2.24) is 9.29 Å². The number of aliphatic carboxylic acids is 1. The number of hydrogen-bond acceptors (Lipinski definition) is 5. The van der Waals surface area contributed by atoms with E-state index < -0.39 is 22.2 Å². The van der Waals surface area contributed by atoms with Gasteiger partial charge in [-0.2, -0.15) is 17.5 Å². The molecule has 3 rings (SSSR count). The minimum Gasteiger partial charge on any atom is -0.475 e. The molecule has 0 unspecified atom stereocenters. The van der Waals surface area contributed by atoms with Crippen molar-refractivity contribution < 1.29 is 36.2 Å². The topological polar surface area (TPSA) is 96.8 Å². The van der Waals surface area contributed by atoms with Gasteiger partial charge in [0.15, 0.2) is 0 Å². The summed E-state index contributed by atoms with van der Waals surface area (Å²) in [5, 5.41) is 7.12. The van der Waals surface area contributed by atoms with Crippen LogP contribution in [0.1, 0.15) is 24.8 Å². The molecule has 0 aromatic carbocycles. The van der Waals surface area contributed by atoms with E-state index in [0.717, 1.165) is 18.6 Å². The highest BCUT2D eigenvalue weighted by atomic mass is 32.2. The molecule has 1 N–H and O–H groups in total. The van der Waals surface area contributed by atoms with Crippen LogP contribution >= 0.6 is 0 Å². The number of ether oxygens (including phenoxy) is 1. The number of aromatic nitrogens is 1. The summed E-state index contributed by atoms with van der Waals surface area (Å²) < 4.78 is 63.3. The average Bonchev–Trinajstić information content (AvgIpc) is 3.33. The Balaban J connectivity index is 0.000000345. The molecule has 1 aliphatic carbocycles. The zero-order valence-electron chi connectivity index (χ0n) is 15.3. The third-order valence-electron chi connectivity index (χ3n) is 4.54. The number of sulfonamides is 1. The van der Waals surface area contributed by atoms with E-state index >= 15 is 0 Å². The summed E-state index contributed by atoms with van der Waals surface area (Å²) in [4.78, 5) is 12.9. The summed E-state index contributed by atoms with van der Waals surface area (Å²) in [6, 6.07) is 3.79. The largest absolute Gasteiger partial charge is 0.490 e. The molecular weight excluding hydrogens is 401 g/mol. The summed E-state index contributed by atoms with van der Waals surface area (Å²) in [6.45, 7) is 1.33. The van der Waals surface area contributed by atoms with Crippen LogP contribution in [0.5, 0.6) is 0 Å². The predicted octanol–water partition coefficient (Wildman–Crippen LogP) is 2.09. The highest BCUT2D eigenvalue weighted by Gasteiger charge is 2.40. The van der Waals surface area contributed by atoms with Crippen LogP contribution < -0.4 is 0 Å². The van der Waals surface area contributed by atoms with Gasteiger partial charge in [-0.15, -0.1) is 0 Å². The maximum atomic E-state index is 12.0. The van der Waals surface area contributed by atoms with E-state index in [-0.39, 0.29) is 12.1 Å². The molecule has 28 heavy (non-hydrogen) atoms. The Kier molecular flexibility index (Phi) is 7.40. The summed E-state index contributed by atoms with van der Waals surface area (Å²) in [6.07, 6.45) is 3.67. The van der Waals surface area contributed by atoms with Crippen molar-refractivity contribution >= 4 is 16.0 Å². The lowest BCUT2D eigenvalue weighted by Crippen LogP contribution is -2.41. The van der Waals surface area contributed by atoms with Gasteiger partial charge in [0, 0.05) is 25.5 Å². The minimum absolute atomic E-state index is 0.00786. The minimum atomic E-state index is -5.08. The lowest BCUT2D eigenvalue weighted by atomic mass is 10.0. The molecule has 0 spiro atoms. The Bertz CT molecular complexity index is 754. The maximum Gasteiger partial charge on any atom is 0.490 e. The van der Waals surface area contributed by atoms with Gasteiger partial charge in [-0.3, -0.25) is 4.98 Å². The molecule has 7 nitrogen and oxygen atoms in total. The Morgan fingerprint density at radius 3 is 2.32 bits per heavy atom. The molecule has 0 amide bonds. The van der Waals surface area contributed by atoms with Crippen molar-refractivity contribution in [2.45, 2.75) is 44.0 Å². The molecule has 2 fully saturated rings. The monoisotopic (exact) mass is 424 g/mol. The van der Waals surface area contributed by atoms with Gasteiger partial charge >= 0.3 is 12.1 Å². The Hall–Kier alpha value is -1.72. The first-order valence-electron chi connectivity index (χ1n) is 8.76. The standard InChI is InChI=1S/C15H22N2O3S.C2HF3O2/c1-21(18,19)17-9-6-15(20-11-13-2-3-13)14(17)10-12-4-7-16-8-5-12;3-2(4,5)1(6)7/h4-5,7-8,13-15H,2-3,6,9-11H2,1H3;(H,6,7)/t14-,15+;/m0./s1. The van der Waals surface area contributed by atoms with E-state index in [4.69, 9.17) is 14.6 Å². The average molecular weight is 424 g/mol. The number of pyridine rings is 1. The van der Waals surface area contributed by atoms with Crippen molar-refractivity contribution in [2.24, 2.45) is 5.92 Å². The Morgan fingerprint density at radius 1 is 1.29 bits per heavy atom. The van der Waals surface area contributed by atoms with Gasteiger partial charge in [-0.1, -0.05) is 0 Å². The van der Waals surface area contributed by atoms with Crippen LogP contribution in [0.2, 0.25) is 0 Å². The van der Waals surface area contributed by atoms with Crippen molar-refractivity contribution in [3.05, 3.63) is 30.1 Å². The van der Waals surface area contributed by atoms with Crippen molar-refractivity contribution in [3.8, 4) is 0 Å². The van der Waals surface area contributed by atoms with Crippen LogP contribution in [0.25, 0.3) is 0 Å². The van der Waals surface area contributed by atoms with E-state index in [1.54, 1.807) is 16.7 Å². The van der Waals surface area contributed by atoms with Gasteiger partial charge in [0.2, 0.25) is 10.0 Å². The molecule has 1 aromatic heterocycles. The highest BCUT2D eigenvalue weighted by Crippen LogP contribution is 2.32. The van der Waals surface area contributed by atoms with Crippen LogP contribution in [0.15, 0.2) is 24.5 Å². The number of alkyl halides is 3. The van der Waals surface area contributed by atoms with E-state index in [2.05, 4.69) is 4.98 Å². The molecule has 2 heterocycles. The smallest absolute Gasteiger partial charge is 0.475 e. The van der Waals surface area contributed by atoms with Gasteiger partial charge < -0.3 is 9.84 Å². The number of rotatable bonds is 6. The fraction of sp³-hybridized carbons (Fsp3) is 0.647. The van der Waals surface area contributed by atoms with E-state index in [1.807, 2.05) is 12.1 Å². The van der Waals surface area contributed by atoms with Crippen LogP contribution in [0, 0.1) is 5.92 Å². The van der Waals surface area contributed by atoms with Gasteiger partial charge in [0.1, 0.15) is 0 Å². The van der Waals surface area contributed by atoms with E-state index in [1.165, 1.54) is 19.1 Å². The summed E-state index contributed by atoms with van der Waals surface area (Å²) in [5.41, 5.74) is 1.10. The zero-order valence-corrected chi connectivity index (χ0v) is 16.1. The number of carbonyl (C=O) groups is 1. The SMILES string of the molecule is CS(=O)(=O)N1CC[C@@H](OCC2CC2)[C@@H]1Cc1ccncc1.O=C(O)C(F)(F)F. The molecule has 1 aliphatic heterocycles. The molecule has 1 saturated heterocycles. The second kappa shape index (κ2) is 9.19. The van der Waals surface area contributed by atoms with Crippen molar-refractivity contribution in [2.75, 3.05) is 19.4 Å². The first kappa shape index (κ1) is 22.6. The van der Waals surface area contributed by atoms with E-state index in [0.29, 0.717) is 18.9 Å². The Morgan fingerprint density at radius 2 is 1.86 bits per heavy atom. The first-order chi connectivity index (χ1) is 13.0. The second-order valence-electron chi connectivity index (χ2n) is 6.91. The lowest BCUT2D eigenvalue weighted by molar-refractivity contribution is -0.192. The van der Waals surface area contributed by atoms with Crippen LogP contribution in [-0.2, 0) is 26.0 Å². The second-order valence-corrected chi connectivity index (χ2v) is 8.84. The third kappa shape index (κ3) is 7.02. The number of nitrogens with zero attached hydrogens (tertiary/aromatic N) is 2. The fourth-order valence-corrected chi connectivity index (χ4v) is 4.08. The van der Waals surface area contributed by atoms with Crippen molar-refractivity contribution in [3.63, 3.8) is 0 Å². The molecular formula is C17H23F3N2O5S. The number of carboxylic acid groups (broad SMARTS) is 1. The summed E-state index contributed by atoms with van der Waals surface area (Å²) in [7, 11) is -3.19. The van der Waals surface area contributed by atoms with Crippen LogP contribution in [-0.4, -0.2) is 66.5 Å². The molecule has 2 aliphatic rings. The molecule has 11 heteroatoms. The van der Waals surface area contributed by atoms with Gasteiger partial charge in [-0.05, 0) is 49.3 Å². The van der Waals surface area contributed by atoms with E-state index in [9.17, 15) is 21.6 Å². The quantitative estimate of drug-likeness (QED) is 0.751. The maximum absolute atomic E-state index is 12.0. The van der Waals surface area contributed by atoms with Gasteiger partial charge in [-0.25, -0.2) is 13.2 Å². The third-order valence-corrected chi connectivity index (χ3v) is 5.84. The van der Waals surface area contributed by atoms with Crippen molar-refractivity contribution in [1.29, 1.82) is 0 Å².